The summed E-state index contributed by atoms with van der Waals surface area (Å²) in [7, 11) is -3.34. The van der Waals surface area contributed by atoms with Crippen molar-refractivity contribution in [2.75, 3.05) is 24.2 Å². The molecule has 116 valence electrons. The molecule has 0 aliphatic carbocycles. The van der Waals surface area contributed by atoms with Crippen LogP contribution in [-0.2, 0) is 14.8 Å². The first-order chi connectivity index (χ1) is 9.79. The number of carbonyl (C=O) groups is 1. The zero-order chi connectivity index (χ0) is 15.6. The van der Waals surface area contributed by atoms with E-state index in [1.54, 1.807) is 0 Å². The first kappa shape index (κ1) is 15.8. The third kappa shape index (κ3) is 3.74. The molecule has 1 heterocycles. The van der Waals surface area contributed by atoms with Crippen LogP contribution in [0.5, 0.6) is 0 Å². The van der Waals surface area contributed by atoms with Gasteiger partial charge in [0.15, 0.2) is 0 Å². The van der Waals surface area contributed by atoms with Gasteiger partial charge in [0.1, 0.15) is 0 Å². The Morgan fingerprint density at radius 1 is 1.29 bits per heavy atom. The summed E-state index contributed by atoms with van der Waals surface area (Å²) in [4.78, 5) is 13.1. The number of carboxylic acids is 1. The van der Waals surface area contributed by atoms with Gasteiger partial charge >= 0.3 is 5.97 Å². The molecule has 1 N–H and O–H groups in total. The van der Waals surface area contributed by atoms with Gasteiger partial charge in [-0.05, 0) is 19.1 Å². The smallest absolute Gasteiger partial charge is 0.305 e. The lowest BCUT2D eigenvalue weighted by Gasteiger charge is -2.45. The van der Waals surface area contributed by atoms with Crippen LogP contribution < -0.4 is 4.90 Å². The monoisotopic (exact) mass is 312 g/mol. The van der Waals surface area contributed by atoms with Crippen molar-refractivity contribution < 1.29 is 18.3 Å². The lowest BCUT2D eigenvalue weighted by atomic mass is 10.1. The zero-order valence-electron chi connectivity index (χ0n) is 12.1. The molecule has 1 saturated heterocycles. The van der Waals surface area contributed by atoms with E-state index in [2.05, 4.69) is 0 Å². The van der Waals surface area contributed by atoms with Crippen LogP contribution in [0.1, 0.15) is 13.3 Å². The van der Waals surface area contributed by atoms with E-state index < -0.39 is 16.0 Å². The Hall–Kier alpha value is -1.60. The third-order valence-electron chi connectivity index (χ3n) is 3.71. The van der Waals surface area contributed by atoms with E-state index in [0.717, 1.165) is 5.69 Å². The molecular weight excluding hydrogens is 292 g/mol. The molecule has 1 aromatic carbocycles. The summed E-state index contributed by atoms with van der Waals surface area (Å²) in [5, 5.41) is 9.09. The van der Waals surface area contributed by atoms with Crippen LogP contribution in [0.4, 0.5) is 5.69 Å². The van der Waals surface area contributed by atoms with Crippen molar-refractivity contribution >= 4 is 21.7 Å². The highest BCUT2D eigenvalue weighted by molar-refractivity contribution is 7.88. The average Bonchev–Trinajstić information content (AvgIpc) is 2.39. The van der Waals surface area contributed by atoms with E-state index in [-0.39, 0.29) is 25.0 Å². The van der Waals surface area contributed by atoms with Gasteiger partial charge in [0, 0.05) is 24.8 Å². The van der Waals surface area contributed by atoms with Crippen LogP contribution in [0.3, 0.4) is 0 Å². The van der Waals surface area contributed by atoms with Crippen LogP contribution >= 0.6 is 0 Å². The fourth-order valence-electron chi connectivity index (χ4n) is 2.79. The van der Waals surface area contributed by atoms with E-state index in [4.69, 9.17) is 5.11 Å². The standard InChI is InChI=1S/C14H20N2O4S/c1-11-9-15(12-6-4-3-5-7-12)13(8-14(17)18)10-16(11)21(2,19)20/h3-7,11,13H,8-10H2,1-2H3,(H,17,18)/t11-,13-/m1/s1. The molecule has 0 saturated carbocycles. The third-order valence-corrected chi connectivity index (χ3v) is 5.07. The number of hydrogen-bond donors (Lipinski definition) is 1. The summed E-state index contributed by atoms with van der Waals surface area (Å²) < 4.78 is 25.1. The Kier molecular flexibility index (Phi) is 4.53. The number of rotatable bonds is 4. The van der Waals surface area contributed by atoms with Gasteiger partial charge in [0.2, 0.25) is 10.0 Å². The number of carboxylic acid groups (broad SMARTS) is 1. The highest BCUT2D eigenvalue weighted by atomic mass is 32.2. The number of piperazine rings is 1. The molecule has 21 heavy (non-hydrogen) atoms. The molecule has 1 aromatic rings. The van der Waals surface area contributed by atoms with E-state index in [1.807, 2.05) is 42.2 Å². The number of nitrogens with zero attached hydrogens (tertiary/aromatic N) is 2. The second-order valence-corrected chi connectivity index (χ2v) is 7.36. The first-order valence-corrected chi connectivity index (χ1v) is 8.64. The van der Waals surface area contributed by atoms with Crippen molar-refractivity contribution in [1.29, 1.82) is 0 Å². The summed E-state index contributed by atoms with van der Waals surface area (Å²) in [5.74, 6) is -0.927. The molecule has 0 aromatic heterocycles. The maximum Gasteiger partial charge on any atom is 0.305 e. The number of aliphatic carboxylic acids is 1. The van der Waals surface area contributed by atoms with Crippen molar-refractivity contribution in [3.8, 4) is 0 Å². The molecular formula is C14H20N2O4S. The quantitative estimate of drug-likeness (QED) is 0.897. The van der Waals surface area contributed by atoms with E-state index in [1.165, 1.54) is 10.6 Å². The highest BCUT2D eigenvalue weighted by Crippen LogP contribution is 2.26. The predicted molar refractivity (Wildman–Crippen MR) is 80.8 cm³/mol. The van der Waals surface area contributed by atoms with Gasteiger partial charge in [0.25, 0.3) is 0 Å². The molecule has 2 rings (SSSR count). The average molecular weight is 312 g/mol. The molecule has 0 unspecified atom stereocenters. The largest absolute Gasteiger partial charge is 0.481 e. The molecule has 7 heteroatoms. The summed E-state index contributed by atoms with van der Waals surface area (Å²) >= 11 is 0. The fourth-order valence-corrected chi connectivity index (χ4v) is 3.95. The lowest BCUT2D eigenvalue weighted by molar-refractivity contribution is -0.137. The van der Waals surface area contributed by atoms with Crippen LogP contribution in [0.2, 0.25) is 0 Å². The van der Waals surface area contributed by atoms with Gasteiger partial charge in [-0.25, -0.2) is 8.42 Å². The Morgan fingerprint density at radius 2 is 1.90 bits per heavy atom. The van der Waals surface area contributed by atoms with Gasteiger partial charge < -0.3 is 10.0 Å². The van der Waals surface area contributed by atoms with Crippen LogP contribution in [0, 0.1) is 0 Å². The maximum absolute atomic E-state index is 11.8. The van der Waals surface area contributed by atoms with E-state index >= 15 is 0 Å². The van der Waals surface area contributed by atoms with Crippen LogP contribution in [0.15, 0.2) is 30.3 Å². The second-order valence-electron chi connectivity index (χ2n) is 5.42. The van der Waals surface area contributed by atoms with Gasteiger partial charge in [-0.15, -0.1) is 0 Å². The summed E-state index contributed by atoms with van der Waals surface area (Å²) in [6, 6.07) is 8.95. The number of anilines is 1. The maximum atomic E-state index is 11.8. The van der Waals surface area contributed by atoms with Crippen molar-refractivity contribution in [2.24, 2.45) is 0 Å². The molecule has 2 atom stereocenters. The fraction of sp³-hybridized carbons (Fsp3) is 0.500. The van der Waals surface area contributed by atoms with Crippen molar-refractivity contribution in [3.63, 3.8) is 0 Å². The summed E-state index contributed by atoms with van der Waals surface area (Å²) in [6.07, 6.45) is 1.08. The summed E-state index contributed by atoms with van der Waals surface area (Å²) in [6.45, 7) is 2.52. The molecule has 0 bridgehead atoms. The number of benzene rings is 1. The molecule has 1 aliphatic heterocycles. The molecule has 0 spiro atoms. The molecule has 1 fully saturated rings. The molecule has 1 aliphatic rings. The normalized spacial score (nSPS) is 24.0. The minimum absolute atomic E-state index is 0.0896. The highest BCUT2D eigenvalue weighted by Gasteiger charge is 2.37. The van der Waals surface area contributed by atoms with E-state index in [9.17, 15) is 13.2 Å². The molecule has 6 nitrogen and oxygen atoms in total. The number of sulfonamides is 1. The van der Waals surface area contributed by atoms with Gasteiger partial charge in [0.05, 0.1) is 18.7 Å². The Bertz CT molecular complexity index is 603. The topological polar surface area (TPSA) is 77.9 Å². The molecule has 0 radical (unpaired) electrons. The number of para-hydroxylation sites is 1. The van der Waals surface area contributed by atoms with Crippen molar-refractivity contribution in [1.82, 2.24) is 4.31 Å². The predicted octanol–water partition coefficient (Wildman–Crippen LogP) is 1.00. The Labute approximate surface area is 125 Å². The first-order valence-electron chi connectivity index (χ1n) is 6.79. The SMILES string of the molecule is C[C@@H]1CN(c2ccccc2)[C@H](CC(=O)O)CN1S(C)(=O)=O. The van der Waals surface area contributed by atoms with E-state index in [0.29, 0.717) is 6.54 Å². The number of hydrogen-bond acceptors (Lipinski definition) is 4. The van der Waals surface area contributed by atoms with Crippen LogP contribution in [0.25, 0.3) is 0 Å². The minimum atomic E-state index is -3.34. The van der Waals surface area contributed by atoms with Gasteiger partial charge in [-0.1, -0.05) is 18.2 Å². The lowest BCUT2D eigenvalue weighted by Crippen LogP contribution is -2.59. The second kappa shape index (κ2) is 6.03. The molecule has 0 amide bonds. The minimum Gasteiger partial charge on any atom is -0.481 e. The summed E-state index contributed by atoms with van der Waals surface area (Å²) in [5.41, 5.74) is 0.920. The van der Waals surface area contributed by atoms with Crippen molar-refractivity contribution in [2.45, 2.75) is 25.4 Å². The van der Waals surface area contributed by atoms with Gasteiger partial charge in [-0.3, -0.25) is 4.79 Å². The zero-order valence-corrected chi connectivity index (χ0v) is 13.0. The van der Waals surface area contributed by atoms with Crippen LogP contribution in [-0.4, -0.2) is 55.2 Å². The van der Waals surface area contributed by atoms with Crippen molar-refractivity contribution in [3.05, 3.63) is 30.3 Å². The Morgan fingerprint density at radius 3 is 2.43 bits per heavy atom. The Balaban J connectivity index is 2.30. The van der Waals surface area contributed by atoms with Gasteiger partial charge in [-0.2, -0.15) is 4.31 Å².